The minimum Gasteiger partial charge on any atom is -0.481 e. The maximum absolute atomic E-state index is 10.6. The van der Waals surface area contributed by atoms with Crippen LogP contribution in [-0.2, 0) is 4.79 Å². The molecule has 0 saturated carbocycles. The van der Waals surface area contributed by atoms with E-state index in [-0.39, 0.29) is 12.5 Å². The number of aromatic nitrogens is 1. The zero-order valence-electron chi connectivity index (χ0n) is 11.2. The van der Waals surface area contributed by atoms with Gasteiger partial charge in [0.15, 0.2) is 0 Å². The van der Waals surface area contributed by atoms with Crippen molar-refractivity contribution in [2.45, 2.75) is 32.7 Å². The van der Waals surface area contributed by atoms with Crippen LogP contribution in [0.25, 0.3) is 10.9 Å². The molecule has 2 rings (SSSR count). The molecule has 4 heteroatoms. The predicted molar refractivity (Wildman–Crippen MR) is 76.4 cm³/mol. The summed E-state index contributed by atoms with van der Waals surface area (Å²) in [6.07, 6.45) is 0.767. The molecule has 1 atom stereocenters. The number of fused-ring (bicyclic) bond motifs is 1. The number of pyridine rings is 1. The van der Waals surface area contributed by atoms with Crippen molar-refractivity contribution in [2.24, 2.45) is 0 Å². The molecule has 2 N–H and O–H groups in total. The Morgan fingerprint density at radius 3 is 2.89 bits per heavy atom. The molecular formula is C15H18N2O2. The molecule has 0 spiro atoms. The number of rotatable bonds is 5. The highest BCUT2D eigenvalue weighted by Gasteiger charge is 2.08. The second kappa shape index (κ2) is 5.69. The first-order chi connectivity index (χ1) is 9.06. The summed E-state index contributed by atoms with van der Waals surface area (Å²) >= 11 is 0. The summed E-state index contributed by atoms with van der Waals surface area (Å²) in [6, 6.07) is 10.1. The molecule has 0 saturated heterocycles. The highest BCUT2D eigenvalue weighted by Crippen LogP contribution is 2.22. The maximum atomic E-state index is 10.6. The fourth-order valence-corrected chi connectivity index (χ4v) is 2.04. The molecule has 1 heterocycles. The summed E-state index contributed by atoms with van der Waals surface area (Å²) < 4.78 is 0. The molecule has 19 heavy (non-hydrogen) atoms. The van der Waals surface area contributed by atoms with Crippen LogP contribution >= 0.6 is 0 Å². The summed E-state index contributed by atoms with van der Waals surface area (Å²) in [4.78, 5) is 15.1. The van der Waals surface area contributed by atoms with Crippen molar-refractivity contribution in [3.8, 4) is 0 Å². The number of nitrogens with one attached hydrogen (secondary N) is 1. The van der Waals surface area contributed by atoms with Gasteiger partial charge in [-0.25, -0.2) is 0 Å². The van der Waals surface area contributed by atoms with Gasteiger partial charge in [-0.2, -0.15) is 0 Å². The van der Waals surface area contributed by atoms with Crippen LogP contribution in [0.1, 0.15) is 25.5 Å². The molecule has 2 aromatic rings. The number of aliphatic carboxylic acids is 1. The van der Waals surface area contributed by atoms with Crippen molar-refractivity contribution in [1.29, 1.82) is 0 Å². The third kappa shape index (κ3) is 3.44. The number of hydrogen-bond donors (Lipinski definition) is 2. The number of carbonyl (C=O) groups is 1. The third-order valence-corrected chi connectivity index (χ3v) is 3.05. The smallest absolute Gasteiger partial charge is 0.303 e. The molecule has 1 aromatic heterocycles. The predicted octanol–water partition coefficient (Wildman–Crippen LogP) is 3.21. The van der Waals surface area contributed by atoms with Crippen LogP contribution < -0.4 is 5.32 Å². The van der Waals surface area contributed by atoms with E-state index >= 15 is 0 Å². The molecule has 0 aliphatic heterocycles. The lowest BCUT2D eigenvalue weighted by molar-refractivity contribution is -0.137. The van der Waals surface area contributed by atoms with Gasteiger partial charge >= 0.3 is 5.97 Å². The summed E-state index contributed by atoms with van der Waals surface area (Å²) in [5.41, 5.74) is 2.86. The first-order valence-corrected chi connectivity index (χ1v) is 6.41. The number of para-hydroxylation sites is 1. The van der Waals surface area contributed by atoms with Gasteiger partial charge in [0.25, 0.3) is 0 Å². The van der Waals surface area contributed by atoms with Gasteiger partial charge in [0.2, 0.25) is 0 Å². The monoisotopic (exact) mass is 258 g/mol. The fourth-order valence-electron chi connectivity index (χ4n) is 2.04. The molecule has 0 aliphatic carbocycles. The minimum absolute atomic E-state index is 0.101. The van der Waals surface area contributed by atoms with E-state index in [0.717, 1.165) is 22.3 Å². The van der Waals surface area contributed by atoms with E-state index in [1.807, 2.05) is 44.2 Å². The average Bonchev–Trinajstić information content (AvgIpc) is 2.37. The molecule has 0 fully saturated rings. The van der Waals surface area contributed by atoms with Crippen LogP contribution in [-0.4, -0.2) is 22.1 Å². The molecular weight excluding hydrogens is 240 g/mol. The first kappa shape index (κ1) is 13.3. The minimum atomic E-state index is -0.763. The molecule has 1 aromatic carbocycles. The Bertz CT molecular complexity index is 596. The van der Waals surface area contributed by atoms with E-state index in [0.29, 0.717) is 6.42 Å². The van der Waals surface area contributed by atoms with Gasteiger partial charge in [0.1, 0.15) is 0 Å². The van der Waals surface area contributed by atoms with E-state index in [1.165, 1.54) is 0 Å². The van der Waals surface area contributed by atoms with Crippen LogP contribution in [0.2, 0.25) is 0 Å². The Labute approximate surface area is 112 Å². The molecule has 0 bridgehead atoms. The summed E-state index contributed by atoms with van der Waals surface area (Å²) in [6.45, 7) is 3.95. The Kier molecular flexibility index (Phi) is 4.00. The Hall–Kier alpha value is -2.10. The van der Waals surface area contributed by atoms with Crippen LogP contribution in [0.3, 0.4) is 0 Å². The van der Waals surface area contributed by atoms with Crippen LogP contribution in [0.15, 0.2) is 30.3 Å². The number of benzene rings is 1. The van der Waals surface area contributed by atoms with Crippen molar-refractivity contribution < 1.29 is 9.90 Å². The zero-order valence-corrected chi connectivity index (χ0v) is 11.2. The van der Waals surface area contributed by atoms with E-state index in [9.17, 15) is 4.79 Å². The third-order valence-electron chi connectivity index (χ3n) is 3.05. The van der Waals surface area contributed by atoms with Crippen molar-refractivity contribution in [1.82, 2.24) is 4.98 Å². The lowest BCUT2D eigenvalue weighted by Gasteiger charge is -2.15. The van der Waals surface area contributed by atoms with Crippen molar-refractivity contribution in [3.05, 3.63) is 36.0 Å². The molecule has 0 amide bonds. The maximum Gasteiger partial charge on any atom is 0.303 e. The van der Waals surface area contributed by atoms with Gasteiger partial charge in [-0.3, -0.25) is 9.78 Å². The van der Waals surface area contributed by atoms with Gasteiger partial charge in [0, 0.05) is 23.5 Å². The van der Waals surface area contributed by atoms with E-state index in [2.05, 4.69) is 10.3 Å². The Balaban J connectivity index is 2.20. The Morgan fingerprint density at radius 1 is 1.37 bits per heavy atom. The molecule has 0 aliphatic rings. The molecule has 4 nitrogen and oxygen atoms in total. The lowest BCUT2D eigenvalue weighted by Crippen LogP contribution is -2.17. The highest BCUT2D eigenvalue weighted by atomic mass is 16.4. The van der Waals surface area contributed by atoms with Crippen LogP contribution in [0, 0.1) is 6.92 Å². The number of carboxylic acids is 1. The highest BCUT2D eigenvalue weighted by molar-refractivity contribution is 5.90. The first-order valence-electron chi connectivity index (χ1n) is 6.41. The van der Waals surface area contributed by atoms with Crippen molar-refractivity contribution >= 4 is 22.6 Å². The van der Waals surface area contributed by atoms with Crippen molar-refractivity contribution in [2.75, 3.05) is 5.32 Å². The topological polar surface area (TPSA) is 62.2 Å². The van der Waals surface area contributed by atoms with Gasteiger partial charge in [-0.1, -0.05) is 18.2 Å². The van der Waals surface area contributed by atoms with Crippen LogP contribution in [0.5, 0.6) is 0 Å². The summed E-state index contributed by atoms with van der Waals surface area (Å²) in [7, 11) is 0. The van der Waals surface area contributed by atoms with E-state index in [4.69, 9.17) is 5.11 Å². The molecule has 0 radical (unpaired) electrons. The second-order valence-corrected chi connectivity index (χ2v) is 4.81. The van der Waals surface area contributed by atoms with Crippen LogP contribution in [0.4, 0.5) is 5.69 Å². The normalized spacial score (nSPS) is 12.3. The van der Waals surface area contributed by atoms with Gasteiger partial charge in [0.05, 0.1) is 11.2 Å². The average molecular weight is 258 g/mol. The summed E-state index contributed by atoms with van der Waals surface area (Å²) in [5, 5.41) is 13.1. The number of carboxylic acid groups (broad SMARTS) is 1. The van der Waals surface area contributed by atoms with E-state index < -0.39 is 5.97 Å². The van der Waals surface area contributed by atoms with Crippen molar-refractivity contribution in [3.63, 3.8) is 0 Å². The SMILES string of the molecule is Cc1ccc2cccc(NC(C)CCC(=O)O)c2n1. The molecule has 100 valence electrons. The van der Waals surface area contributed by atoms with Gasteiger partial charge < -0.3 is 10.4 Å². The fraction of sp³-hybridized carbons (Fsp3) is 0.333. The molecule has 1 unspecified atom stereocenters. The lowest BCUT2D eigenvalue weighted by atomic mass is 10.1. The number of aryl methyl sites for hydroxylation is 1. The Morgan fingerprint density at radius 2 is 2.16 bits per heavy atom. The number of hydrogen-bond acceptors (Lipinski definition) is 3. The number of anilines is 1. The quantitative estimate of drug-likeness (QED) is 0.864. The second-order valence-electron chi connectivity index (χ2n) is 4.81. The zero-order chi connectivity index (χ0) is 13.8. The van der Waals surface area contributed by atoms with Gasteiger partial charge in [-0.15, -0.1) is 0 Å². The number of nitrogens with zero attached hydrogens (tertiary/aromatic N) is 1. The van der Waals surface area contributed by atoms with E-state index in [1.54, 1.807) is 0 Å². The summed E-state index contributed by atoms with van der Waals surface area (Å²) in [5.74, 6) is -0.763. The standard InChI is InChI=1S/C15H18N2O2/c1-10(7-9-14(18)19)16-13-5-3-4-12-8-6-11(2)17-15(12)13/h3-6,8,10,16H,7,9H2,1-2H3,(H,18,19). The largest absolute Gasteiger partial charge is 0.481 e. The van der Waals surface area contributed by atoms with Gasteiger partial charge in [-0.05, 0) is 32.4 Å².